The first-order valence-corrected chi connectivity index (χ1v) is 11.1. The minimum absolute atomic E-state index is 0.345. The molecule has 1 saturated carbocycles. The molecule has 166 valence electrons. The van der Waals surface area contributed by atoms with Gasteiger partial charge in [-0.2, -0.15) is 0 Å². The molecule has 3 atom stereocenters. The predicted octanol–water partition coefficient (Wildman–Crippen LogP) is 5.78. The molecule has 2 aliphatic rings. The predicted molar refractivity (Wildman–Crippen MR) is 127 cm³/mol. The summed E-state index contributed by atoms with van der Waals surface area (Å²) in [5.74, 6) is 1.39. The Balaban J connectivity index is 1.25. The summed E-state index contributed by atoms with van der Waals surface area (Å²) in [6, 6.07) is 19.7. The summed E-state index contributed by atoms with van der Waals surface area (Å²) in [7, 11) is 0. The first kappa shape index (κ1) is 21.0. The van der Waals surface area contributed by atoms with Crippen molar-refractivity contribution in [3.8, 4) is 5.75 Å². The van der Waals surface area contributed by atoms with E-state index < -0.39 is 12.1 Å². The van der Waals surface area contributed by atoms with Crippen LogP contribution in [0.3, 0.4) is 0 Å². The summed E-state index contributed by atoms with van der Waals surface area (Å²) in [5, 5.41) is 10.3. The third-order valence-electron chi connectivity index (χ3n) is 6.11. The first-order valence-electron chi connectivity index (χ1n) is 11.1. The van der Waals surface area contributed by atoms with Crippen molar-refractivity contribution in [2.45, 2.75) is 26.1 Å². The molecular formula is C28H25NO4. The third kappa shape index (κ3) is 4.67. The van der Waals surface area contributed by atoms with Crippen molar-refractivity contribution < 1.29 is 19.4 Å². The van der Waals surface area contributed by atoms with E-state index in [1.54, 1.807) is 6.07 Å². The van der Waals surface area contributed by atoms with Gasteiger partial charge < -0.3 is 14.6 Å². The van der Waals surface area contributed by atoms with Crippen LogP contribution in [0.15, 0.2) is 90.2 Å². The Bertz CT molecular complexity index is 1290. The van der Waals surface area contributed by atoms with Gasteiger partial charge in [0, 0.05) is 16.9 Å². The average Bonchev–Trinajstić information content (AvgIpc) is 3.64. The molecule has 0 spiro atoms. The molecule has 1 N–H and O–H groups in total. The Morgan fingerprint density at radius 2 is 1.88 bits per heavy atom. The monoisotopic (exact) mass is 439 g/mol. The quantitative estimate of drug-likeness (QED) is 0.482. The van der Waals surface area contributed by atoms with Crippen LogP contribution >= 0.6 is 0 Å². The van der Waals surface area contributed by atoms with Gasteiger partial charge >= 0.3 is 5.97 Å². The molecule has 1 heterocycles. The number of fused-ring (bicyclic) bond motifs is 2. The largest absolute Gasteiger partial charge is 0.493 e. The van der Waals surface area contributed by atoms with Crippen molar-refractivity contribution in [1.29, 1.82) is 0 Å². The van der Waals surface area contributed by atoms with Crippen molar-refractivity contribution in [3.63, 3.8) is 0 Å². The van der Waals surface area contributed by atoms with Crippen molar-refractivity contribution in [2.24, 2.45) is 11.8 Å². The highest BCUT2D eigenvalue weighted by Gasteiger charge is 2.44. The fourth-order valence-corrected chi connectivity index (χ4v) is 4.13. The van der Waals surface area contributed by atoms with E-state index >= 15 is 0 Å². The van der Waals surface area contributed by atoms with E-state index in [0.717, 1.165) is 34.3 Å². The highest BCUT2D eigenvalue weighted by Crippen LogP contribution is 2.52. The molecule has 0 bridgehead atoms. The van der Waals surface area contributed by atoms with Gasteiger partial charge in [0.15, 0.2) is 6.10 Å². The minimum Gasteiger partial charge on any atom is -0.493 e. The van der Waals surface area contributed by atoms with Crippen LogP contribution in [-0.4, -0.2) is 22.2 Å². The van der Waals surface area contributed by atoms with Crippen molar-refractivity contribution in [1.82, 2.24) is 4.98 Å². The van der Waals surface area contributed by atoms with E-state index in [9.17, 15) is 4.79 Å². The number of carboxylic acid groups (broad SMARTS) is 1. The summed E-state index contributed by atoms with van der Waals surface area (Å²) >= 11 is 0. The average molecular weight is 440 g/mol. The van der Waals surface area contributed by atoms with Crippen LogP contribution in [0.25, 0.3) is 17.0 Å². The molecule has 1 fully saturated rings. The summed E-state index contributed by atoms with van der Waals surface area (Å²) in [6.45, 7) is 1.86. The van der Waals surface area contributed by atoms with E-state index in [-0.39, 0.29) is 0 Å². The SMILES string of the molecule is CC(Oc1ccccc1COC1=CC=C(/C=C/c2ccc3ccccc3n2)C2CC12)C(=O)O. The second kappa shape index (κ2) is 8.94. The van der Waals surface area contributed by atoms with Gasteiger partial charge in [-0.3, -0.25) is 0 Å². The van der Waals surface area contributed by atoms with Gasteiger partial charge in [0.1, 0.15) is 18.1 Å². The van der Waals surface area contributed by atoms with Crippen LogP contribution in [0, 0.1) is 11.8 Å². The molecule has 0 aliphatic heterocycles. The Kier molecular flexibility index (Phi) is 5.69. The van der Waals surface area contributed by atoms with E-state index in [1.807, 2.05) is 48.5 Å². The number of benzene rings is 2. The highest BCUT2D eigenvalue weighted by atomic mass is 16.5. The Morgan fingerprint density at radius 1 is 1.06 bits per heavy atom. The maximum Gasteiger partial charge on any atom is 0.344 e. The van der Waals surface area contributed by atoms with Crippen LogP contribution in [0.2, 0.25) is 0 Å². The van der Waals surface area contributed by atoms with Crippen LogP contribution < -0.4 is 4.74 Å². The van der Waals surface area contributed by atoms with Crippen molar-refractivity contribution >= 4 is 22.9 Å². The number of nitrogens with zero attached hydrogens (tertiary/aromatic N) is 1. The number of para-hydroxylation sites is 2. The molecule has 2 aliphatic carbocycles. The smallest absolute Gasteiger partial charge is 0.344 e. The Hall–Kier alpha value is -3.86. The normalized spacial score (nSPS) is 20.0. The lowest BCUT2D eigenvalue weighted by Crippen LogP contribution is -2.23. The van der Waals surface area contributed by atoms with E-state index in [1.165, 1.54) is 12.5 Å². The summed E-state index contributed by atoms with van der Waals surface area (Å²) < 4.78 is 11.7. The lowest BCUT2D eigenvalue weighted by molar-refractivity contribution is -0.144. The fraction of sp³-hybridized carbons (Fsp3) is 0.214. The molecule has 33 heavy (non-hydrogen) atoms. The van der Waals surface area contributed by atoms with E-state index in [4.69, 9.17) is 19.6 Å². The second-order valence-electron chi connectivity index (χ2n) is 8.44. The van der Waals surface area contributed by atoms with Gasteiger partial charge in [0.2, 0.25) is 0 Å². The molecule has 1 aromatic heterocycles. The van der Waals surface area contributed by atoms with Crippen LogP contribution in [0.4, 0.5) is 0 Å². The summed E-state index contributed by atoms with van der Waals surface area (Å²) in [6.07, 6.45) is 8.56. The van der Waals surface area contributed by atoms with Crippen LogP contribution in [-0.2, 0) is 16.1 Å². The number of hydrogen-bond donors (Lipinski definition) is 1. The van der Waals surface area contributed by atoms with Gasteiger partial charge in [-0.25, -0.2) is 9.78 Å². The molecule has 3 aromatic rings. The number of hydrogen-bond acceptors (Lipinski definition) is 4. The molecule has 2 aromatic carbocycles. The molecule has 0 amide bonds. The minimum atomic E-state index is -0.994. The number of aromatic nitrogens is 1. The van der Waals surface area contributed by atoms with Crippen LogP contribution in [0.1, 0.15) is 24.6 Å². The van der Waals surface area contributed by atoms with Gasteiger partial charge in [0.05, 0.1) is 11.2 Å². The number of carbonyl (C=O) groups is 1. The van der Waals surface area contributed by atoms with Gasteiger partial charge in [-0.05, 0) is 55.2 Å². The molecule has 0 saturated heterocycles. The van der Waals surface area contributed by atoms with Gasteiger partial charge in [0.25, 0.3) is 0 Å². The van der Waals surface area contributed by atoms with Crippen molar-refractivity contribution in [3.05, 3.63) is 101 Å². The molecular weight excluding hydrogens is 414 g/mol. The molecule has 3 unspecified atom stereocenters. The number of ether oxygens (including phenoxy) is 2. The first-order chi connectivity index (χ1) is 16.1. The maximum absolute atomic E-state index is 11.1. The molecule has 5 rings (SSSR count). The molecule has 5 nitrogen and oxygen atoms in total. The summed E-state index contributed by atoms with van der Waals surface area (Å²) in [4.78, 5) is 15.8. The summed E-state index contributed by atoms with van der Waals surface area (Å²) in [5.41, 5.74) is 4.08. The van der Waals surface area contributed by atoms with Crippen molar-refractivity contribution in [2.75, 3.05) is 0 Å². The number of carboxylic acids is 1. The maximum atomic E-state index is 11.1. The molecule has 0 radical (unpaired) electrons. The lowest BCUT2D eigenvalue weighted by atomic mass is 10.0. The van der Waals surface area contributed by atoms with Crippen LogP contribution in [0.5, 0.6) is 5.75 Å². The number of allylic oxidation sites excluding steroid dienone is 5. The fourth-order valence-electron chi connectivity index (χ4n) is 4.13. The number of rotatable bonds is 8. The topological polar surface area (TPSA) is 68.7 Å². The lowest BCUT2D eigenvalue weighted by Gasteiger charge is -2.17. The van der Waals surface area contributed by atoms with Gasteiger partial charge in [-0.1, -0.05) is 54.6 Å². The number of pyridine rings is 1. The van der Waals surface area contributed by atoms with E-state index in [0.29, 0.717) is 24.2 Å². The zero-order chi connectivity index (χ0) is 22.8. The zero-order valence-corrected chi connectivity index (χ0v) is 18.3. The zero-order valence-electron chi connectivity index (χ0n) is 18.3. The molecule has 5 heteroatoms. The second-order valence-corrected chi connectivity index (χ2v) is 8.44. The Morgan fingerprint density at radius 3 is 2.76 bits per heavy atom. The standard InChI is InChI=1S/C28H25NO4/c1-18(28(30)31)33-26-9-5-3-7-21(26)17-32-27-15-12-19(23-16-24(23)27)10-13-22-14-11-20-6-2-4-8-25(20)29-22/h2-15,18,23-24H,16-17H2,1H3,(H,30,31)/b13-10+. The Labute approximate surface area is 192 Å². The third-order valence-corrected chi connectivity index (χ3v) is 6.11. The number of aliphatic carboxylic acids is 1. The van der Waals surface area contributed by atoms with Gasteiger partial charge in [-0.15, -0.1) is 0 Å². The highest BCUT2D eigenvalue weighted by molar-refractivity contribution is 5.79. The van der Waals surface area contributed by atoms with E-state index in [2.05, 4.69) is 30.4 Å².